The van der Waals surface area contributed by atoms with Crippen LogP contribution in [0.25, 0.3) is 10.9 Å². The van der Waals surface area contributed by atoms with Crippen molar-refractivity contribution in [1.82, 2.24) is 15.0 Å². The average Bonchev–Trinajstić information content (AvgIpc) is 3.00. The first-order valence-electron chi connectivity index (χ1n) is 8.14. The van der Waals surface area contributed by atoms with Crippen molar-refractivity contribution in [3.63, 3.8) is 0 Å². The number of carbonyl (C=O) groups is 1. The third-order valence-electron chi connectivity index (χ3n) is 3.78. The van der Waals surface area contributed by atoms with E-state index in [0.29, 0.717) is 5.52 Å². The van der Waals surface area contributed by atoms with E-state index in [1.165, 1.54) is 18.5 Å². The zero-order chi connectivity index (χ0) is 20.3. The Morgan fingerprint density at radius 2 is 1.93 bits per heavy atom. The van der Waals surface area contributed by atoms with Crippen LogP contribution in [0.2, 0.25) is 0 Å². The van der Waals surface area contributed by atoms with Gasteiger partial charge in [-0.05, 0) is 18.6 Å². The number of benzene rings is 1. The van der Waals surface area contributed by atoms with Gasteiger partial charge in [-0.2, -0.15) is 13.2 Å². The number of fused-ring (bicyclic) bond motifs is 1. The quantitative estimate of drug-likeness (QED) is 0.428. The normalized spacial score (nSPS) is 11.6. The minimum absolute atomic E-state index is 0.00173. The lowest BCUT2D eigenvalue weighted by molar-refractivity contribution is -0.134. The second-order valence-electron chi connectivity index (χ2n) is 5.88. The van der Waals surface area contributed by atoms with Gasteiger partial charge in [0.1, 0.15) is 5.69 Å². The Hall–Kier alpha value is -3.24. The Morgan fingerprint density at radius 1 is 1.18 bits per heavy atom. The molecule has 28 heavy (non-hydrogen) atoms. The Bertz CT molecular complexity index is 1000. The molecule has 0 fully saturated rings. The summed E-state index contributed by atoms with van der Waals surface area (Å²) in [6, 6.07) is 3.23. The summed E-state index contributed by atoms with van der Waals surface area (Å²) in [7, 11) is 0. The van der Waals surface area contributed by atoms with Crippen molar-refractivity contribution in [2.75, 3.05) is 17.2 Å². The third kappa shape index (κ3) is 4.72. The van der Waals surface area contributed by atoms with Gasteiger partial charge in [-0.3, -0.25) is 4.79 Å². The largest absolute Gasteiger partial charge is 0.389 e. The Labute approximate surface area is 155 Å². The molecule has 148 valence electrons. The summed E-state index contributed by atoms with van der Waals surface area (Å²) in [5.74, 6) is -2.73. The van der Waals surface area contributed by atoms with E-state index in [1.807, 2.05) is 0 Å². The molecule has 0 saturated heterocycles. The predicted molar refractivity (Wildman–Crippen MR) is 92.0 cm³/mol. The average molecular weight is 399 g/mol. The van der Waals surface area contributed by atoms with Gasteiger partial charge in [-0.15, -0.1) is 0 Å². The van der Waals surface area contributed by atoms with Crippen molar-refractivity contribution < 1.29 is 26.7 Å². The molecule has 0 aliphatic rings. The molecular weight excluding hydrogens is 385 g/mol. The molecule has 0 bridgehead atoms. The molecule has 0 atom stereocenters. The SMILES string of the molecule is O=C(Nc1c[nH]c2cc(F)c(F)cc12)c1ccnc(NCCCC(F)(F)F)n1. The number of aromatic amines is 1. The van der Waals surface area contributed by atoms with Crippen molar-refractivity contribution in [2.45, 2.75) is 19.0 Å². The fraction of sp³-hybridized carbons (Fsp3) is 0.235. The summed E-state index contributed by atoms with van der Waals surface area (Å²) in [5, 5.41) is 5.40. The molecule has 0 unspecified atom stereocenters. The fourth-order valence-corrected chi connectivity index (χ4v) is 2.47. The number of halogens is 5. The molecular formula is C17H14F5N5O. The van der Waals surface area contributed by atoms with Gasteiger partial charge in [0.05, 0.1) is 11.2 Å². The standard InChI is InChI=1S/C17H14F5N5O/c18-10-6-9-13(7-11(10)19)25-8-14(9)26-15(28)12-2-5-24-16(27-12)23-4-1-3-17(20,21)22/h2,5-8,25H,1,3-4H2,(H,26,28)(H,23,24,27). The molecule has 0 aliphatic carbocycles. The number of alkyl halides is 3. The van der Waals surface area contributed by atoms with Gasteiger partial charge < -0.3 is 15.6 Å². The number of H-pyrrole nitrogens is 1. The highest BCUT2D eigenvalue weighted by Gasteiger charge is 2.25. The highest BCUT2D eigenvalue weighted by Crippen LogP contribution is 2.26. The third-order valence-corrected chi connectivity index (χ3v) is 3.78. The predicted octanol–water partition coefficient (Wildman–Crippen LogP) is 4.24. The van der Waals surface area contributed by atoms with Crippen LogP contribution >= 0.6 is 0 Å². The number of hydrogen-bond acceptors (Lipinski definition) is 4. The lowest BCUT2D eigenvalue weighted by atomic mass is 10.2. The number of nitrogens with one attached hydrogen (secondary N) is 3. The van der Waals surface area contributed by atoms with E-state index >= 15 is 0 Å². The zero-order valence-corrected chi connectivity index (χ0v) is 14.2. The van der Waals surface area contributed by atoms with Crippen molar-refractivity contribution in [3.8, 4) is 0 Å². The minimum atomic E-state index is -4.24. The van der Waals surface area contributed by atoms with E-state index in [1.54, 1.807) is 0 Å². The van der Waals surface area contributed by atoms with Crippen LogP contribution in [0, 0.1) is 11.6 Å². The monoisotopic (exact) mass is 399 g/mol. The first kappa shape index (κ1) is 19.5. The van der Waals surface area contributed by atoms with E-state index in [0.717, 1.165) is 12.1 Å². The number of nitrogens with zero attached hydrogens (tertiary/aromatic N) is 2. The summed E-state index contributed by atoms with van der Waals surface area (Å²) in [5.41, 5.74) is 0.464. The van der Waals surface area contributed by atoms with Crippen LogP contribution in [-0.4, -0.2) is 33.6 Å². The van der Waals surface area contributed by atoms with Gasteiger partial charge in [0.2, 0.25) is 5.95 Å². The maximum Gasteiger partial charge on any atom is 0.389 e. The molecule has 3 rings (SSSR count). The first-order chi connectivity index (χ1) is 13.2. The first-order valence-corrected chi connectivity index (χ1v) is 8.14. The van der Waals surface area contributed by atoms with Crippen LogP contribution in [0.5, 0.6) is 0 Å². The maximum absolute atomic E-state index is 13.4. The molecule has 3 N–H and O–H groups in total. The fourth-order valence-electron chi connectivity index (χ4n) is 2.47. The summed E-state index contributed by atoms with van der Waals surface area (Å²) >= 11 is 0. The summed E-state index contributed by atoms with van der Waals surface area (Å²) in [6.45, 7) is -0.0160. The van der Waals surface area contributed by atoms with Crippen molar-refractivity contribution >= 4 is 28.4 Å². The number of carbonyl (C=O) groups excluding carboxylic acids is 1. The Kier molecular flexibility index (Phi) is 5.43. The molecule has 1 amide bonds. The molecule has 0 aliphatic heterocycles. The lowest BCUT2D eigenvalue weighted by Gasteiger charge is -2.08. The summed E-state index contributed by atoms with van der Waals surface area (Å²) in [6.07, 6.45) is -2.71. The van der Waals surface area contributed by atoms with Crippen LogP contribution in [0.3, 0.4) is 0 Å². The highest BCUT2D eigenvalue weighted by molar-refractivity contribution is 6.08. The Balaban J connectivity index is 1.67. The summed E-state index contributed by atoms with van der Waals surface area (Å²) < 4.78 is 63.1. The van der Waals surface area contributed by atoms with Crippen LogP contribution in [0.15, 0.2) is 30.6 Å². The minimum Gasteiger partial charge on any atom is -0.359 e. The molecule has 6 nitrogen and oxygen atoms in total. The van der Waals surface area contributed by atoms with Gasteiger partial charge in [0, 0.05) is 36.8 Å². The van der Waals surface area contributed by atoms with Gasteiger partial charge in [-0.25, -0.2) is 18.7 Å². The number of rotatable bonds is 6. The smallest absolute Gasteiger partial charge is 0.359 e. The molecule has 3 aromatic rings. The molecule has 2 heterocycles. The topological polar surface area (TPSA) is 82.7 Å². The second kappa shape index (κ2) is 7.79. The van der Waals surface area contributed by atoms with Gasteiger partial charge in [0.15, 0.2) is 11.6 Å². The number of hydrogen-bond donors (Lipinski definition) is 3. The molecule has 11 heteroatoms. The van der Waals surface area contributed by atoms with E-state index in [-0.39, 0.29) is 35.7 Å². The number of anilines is 2. The molecule has 0 saturated carbocycles. The van der Waals surface area contributed by atoms with Crippen molar-refractivity contribution in [2.24, 2.45) is 0 Å². The van der Waals surface area contributed by atoms with E-state index in [4.69, 9.17) is 0 Å². The van der Waals surface area contributed by atoms with Gasteiger partial charge in [-0.1, -0.05) is 0 Å². The van der Waals surface area contributed by atoms with Gasteiger partial charge >= 0.3 is 6.18 Å². The lowest BCUT2D eigenvalue weighted by Crippen LogP contribution is -2.16. The number of amides is 1. The molecule has 2 aromatic heterocycles. The van der Waals surface area contributed by atoms with Gasteiger partial charge in [0.25, 0.3) is 5.91 Å². The van der Waals surface area contributed by atoms with Crippen LogP contribution in [0.4, 0.5) is 33.6 Å². The van der Waals surface area contributed by atoms with Crippen LogP contribution in [-0.2, 0) is 0 Å². The zero-order valence-electron chi connectivity index (χ0n) is 14.2. The van der Waals surface area contributed by atoms with E-state index < -0.39 is 30.1 Å². The molecule has 0 radical (unpaired) electrons. The summed E-state index contributed by atoms with van der Waals surface area (Å²) in [4.78, 5) is 22.9. The van der Waals surface area contributed by atoms with Crippen LogP contribution in [0.1, 0.15) is 23.3 Å². The van der Waals surface area contributed by atoms with Crippen molar-refractivity contribution in [1.29, 1.82) is 0 Å². The van der Waals surface area contributed by atoms with Crippen molar-refractivity contribution in [3.05, 3.63) is 47.9 Å². The van der Waals surface area contributed by atoms with Crippen LogP contribution < -0.4 is 10.6 Å². The second-order valence-corrected chi connectivity index (χ2v) is 5.88. The molecule has 0 spiro atoms. The van der Waals surface area contributed by atoms with E-state index in [9.17, 15) is 26.7 Å². The maximum atomic E-state index is 13.4. The van der Waals surface area contributed by atoms with E-state index in [2.05, 4.69) is 25.6 Å². The molecule has 1 aromatic carbocycles. The highest BCUT2D eigenvalue weighted by atomic mass is 19.4. The number of aromatic nitrogens is 3. The Morgan fingerprint density at radius 3 is 2.68 bits per heavy atom.